The van der Waals surface area contributed by atoms with E-state index in [9.17, 15) is 14.4 Å². The summed E-state index contributed by atoms with van der Waals surface area (Å²) < 4.78 is 5.41. The normalized spacial score (nSPS) is 17.3. The Morgan fingerprint density at radius 2 is 1.83 bits per heavy atom. The number of anilines is 1. The summed E-state index contributed by atoms with van der Waals surface area (Å²) in [5, 5.41) is 1.64. The van der Waals surface area contributed by atoms with Crippen LogP contribution in [0.25, 0.3) is 10.9 Å². The average Bonchev–Trinajstić information content (AvgIpc) is 3.17. The zero-order valence-electron chi connectivity index (χ0n) is 20.6. The van der Waals surface area contributed by atoms with Gasteiger partial charge in [0, 0.05) is 50.7 Å². The van der Waals surface area contributed by atoms with Crippen molar-refractivity contribution in [3.63, 3.8) is 0 Å². The Bertz CT molecular complexity index is 1160. The number of carbonyl (C=O) groups excluding carboxylic acids is 3. The molecule has 3 heterocycles. The molecule has 2 amide bonds. The maximum Gasteiger partial charge on any atom is 0.295 e. The monoisotopic (exact) mass is 495 g/mol. The van der Waals surface area contributed by atoms with Gasteiger partial charge >= 0.3 is 0 Å². The highest BCUT2D eigenvalue weighted by molar-refractivity contribution is 6.45. The van der Waals surface area contributed by atoms with E-state index in [0.717, 1.165) is 25.7 Å². The molecule has 1 saturated carbocycles. The molecule has 3 N–H and O–H groups in total. The van der Waals surface area contributed by atoms with E-state index >= 15 is 0 Å². The number of nitrogens with two attached hydrogens (primary N) is 1. The number of ketones is 1. The zero-order chi connectivity index (χ0) is 25.7. The van der Waals surface area contributed by atoms with E-state index in [2.05, 4.69) is 21.7 Å². The maximum atomic E-state index is 13.3. The summed E-state index contributed by atoms with van der Waals surface area (Å²) in [5.74, 6) is 5.69. The molecule has 0 spiro atoms. The number of pyridine rings is 1. The van der Waals surface area contributed by atoms with Crippen molar-refractivity contribution in [3.05, 3.63) is 30.4 Å². The van der Waals surface area contributed by atoms with Crippen LogP contribution >= 0.6 is 0 Å². The number of piperazine rings is 1. The van der Waals surface area contributed by atoms with Crippen molar-refractivity contribution < 1.29 is 19.1 Å². The lowest BCUT2D eigenvalue weighted by molar-refractivity contribution is -0.140. The lowest BCUT2D eigenvalue weighted by Crippen LogP contribution is -2.53. The van der Waals surface area contributed by atoms with Gasteiger partial charge in [-0.25, -0.2) is 10.8 Å². The molecule has 4 rings (SSSR count). The molecule has 1 saturated heterocycles. The minimum absolute atomic E-state index is 0.0806. The van der Waals surface area contributed by atoms with E-state index in [0.29, 0.717) is 48.6 Å². The van der Waals surface area contributed by atoms with Crippen LogP contribution in [0, 0.1) is 5.92 Å². The summed E-state index contributed by atoms with van der Waals surface area (Å²) in [6.45, 7) is 4.89. The first kappa shape index (κ1) is 25.4. The van der Waals surface area contributed by atoms with Gasteiger partial charge in [-0.15, -0.1) is 0 Å². The van der Waals surface area contributed by atoms with Crippen molar-refractivity contribution in [1.29, 1.82) is 0 Å². The topological polar surface area (TPSA) is 137 Å². The van der Waals surface area contributed by atoms with E-state index in [1.807, 2.05) is 4.90 Å². The predicted molar refractivity (Wildman–Crippen MR) is 137 cm³/mol. The third-order valence-electron chi connectivity index (χ3n) is 6.97. The van der Waals surface area contributed by atoms with Gasteiger partial charge in [-0.05, 0) is 19.6 Å². The molecular weight excluding hydrogens is 462 g/mol. The number of hydrogen-bond acceptors (Lipinski definition) is 8. The molecule has 11 nitrogen and oxygen atoms in total. The Morgan fingerprint density at radius 3 is 2.47 bits per heavy atom. The largest absolute Gasteiger partial charge is 0.494 e. The highest BCUT2D eigenvalue weighted by Gasteiger charge is 2.33. The summed E-state index contributed by atoms with van der Waals surface area (Å²) in [7, 11) is 1.46. The zero-order valence-corrected chi connectivity index (χ0v) is 20.6. The fourth-order valence-corrected chi connectivity index (χ4v) is 5.00. The summed E-state index contributed by atoms with van der Waals surface area (Å²) in [5.41, 5.74) is 0.618. The number of H-pyrrole nitrogens is 1. The summed E-state index contributed by atoms with van der Waals surface area (Å²) >= 11 is 0. The van der Waals surface area contributed by atoms with Gasteiger partial charge in [0.25, 0.3) is 11.7 Å². The number of amides is 2. The number of rotatable bonds is 7. The fraction of sp³-hybridized carbons (Fsp3) is 0.480. The van der Waals surface area contributed by atoms with E-state index in [-0.39, 0.29) is 17.4 Å². The average molecular weight is 496 g/mol. The molecule has 0 unspecified atom stereocenters. The molecule has 36 heavy (non-hydrogen) atoms. The molecule has 0 atom stereocenters. The summed E-state index contributed by atoms with van der Waals surface area (Å²) in [6, 6.07) is 0. The van der Waals surface area contributed by atoms with Crippen LogP contribution in [0.4, 0.5) is 5.82 Å². The van der Waals surface area contributed by atoms with Crippen LogP contribution in [0.2, 0.25) is 0 Å². The van der Waals surface area contributed by atoms with Crippen molar-refractivity contribution in [3.8, 4) is 5.75 Å². The van der Waals surface area contributed by atoms with Crippen LogP contribution in [0.5, 0.6) is 5.75 Å². The van der Waals surface area contributed by atoms with Crippen LogP contribution in [-0.2, 0) is 9.59 Å². The number of aromatic nitrogens is 2. The van der Waals surface area contributed by atoms with Gasteiger partial charge in [0.15, 0.2) is 5.82 Å². The smallest absolute Gasteiger partial charge is 0.295 e. The number of nitrogens with zero attached hydrogens (tertiary/aromatic N) is 5. The SMILES string of the molecule is C=N/C=C\N(N)c1ncc(OC)c2c(C(=O)C(=O)N3CCN(C(=O)C4CCCCCC4)CC3)c[nH]c12. The fourth-order valence-electron chi connectivity index (χ4n) is 5.00. The second-order valence-corrected chi connectivity index (χ2v) is 9.13. The van der Waals surface area contributed by atoms with E-state index in [1.54, 1.807) is 0 Å². The van der Waals surface area contributed by atoms with Gasteiger partial charge in [0.05, 0.1) is 29.8 Å². The van der Waals surface area contributed by atoms with E-state index < -0.39 is 11.7 Å². The Hall–Kier alpha value is -3.73. The molecule has 1 aliphatic carbocycles. The van der Waals surface area contributed by atoms with Gasteiger partial charge in [0.2, 0.25) is 5.91 Å². The first-order valence-electron chi connectivity index (χ1n) is 12.3. The molecule has 1 aliphatic heterocycles. The van der Waals surface area contributed by atoms with Crippen LogP contribution < -0.4 is 15.6 Å². The Kier molecular flexibility index (Phi) is 7.99. The molecule has 11 heteroatoms. The molecule has 0 bridgehead atoms. The van der Waals surface area contributed by atoms with Gasteiger partial charge in [-0.1, -0.05) is 25.7 Å². The van der Waals surface area contributed by atoms with E-state index in [4.69, 9.17) is 10.6 Å². The number of aromatic amines is 1. The van der Waals surface area contributed by atoms with Crippen LogP contribution in [-0.4, -0.2) is 77.4 Å². The number of aliphatic imine (C=N–C) groups is 1. The Balaban J connectivity index is 1.49. The van der Waals surface area contributed by atoms with Gasteiger partial charge in [-0.2, -0.15) is 0 Å². The Morgan fingerprint density at radius 1 is 1.17 bits per heavy atom. The number of methoxy groups -OCH3 is 1. The van der Waals surface area contributed by atoms with Crippen molar-refractivity contribution in [2.45, 2.75) is 38.5 Å². The van der Waals surface area contributed by atoms with Gasteiger partial charge in [-0.3, -0.25) is 24.4 Å². The quantitative estimate of drug-likeness (QED) is 0.150. The summed E-state index contributed by atoms with van der Waals surface area (Å²) in [4.78, 5) is 53.7. The maximum absolute atomic E-state index is 13.3. The molecule has 0 radical (unpaired) electrons. The Labute approximate surface area is 209 Å². The van der Waals surface area contributed by atoms with Crippen LogP contribution in [0.1, 0.15) is 48.9 Å². The first-order chi connectivity index (χ1) is 17.5. The predicted octanol–water partition coefficient (Wildman–Crippen LogP) is 2.25. The van der Waals surface area contributed by atoms with Crippen molar-refractivity contribution in [2.24, 2.45) is 16.8 Å². The third-order valence-corrected chi connectivity index (χ3v) is 6.97. The second-order valence-electron chi connectivity index (χ2n) is 9.13. The summed E-state index contributed by atoms with van der Waals surface area (Å²) in [6.07, 6.45) is 12.2. The third kappa shape index (κ3) is 5.11. The molecular formula is C25H33N7O4. The number of nitrogens with one attached hydrogen (secondary N) is 1. The number of hydrazine groups is 1. The van der Waals surface area contributed by atoms with Crippen molar-refractivity contribution >= 4 is 41.0 Å². The highest BCUT2D eigenvalue weighted by atomic mass is 16.5. The van der Waals surface area contributed by atoms with Crippen molar-refractivity contribution in [2.75, 3.05) is 38.3 Å². The number of Topliss-reactive ketones (excluding diaryl/α,β-unsaturated/α-hetero) is 1. The van der Waals surface area contributed by atoms with Crippen LogP contribution in [0.15, 0.2) is 29.8 Å². The number of ether oxygens (including phenoxy) is 1. The highest BCUT2D eigenvalue weighted by Crippen LogP contribution is 2.34. The molecule has 2 aliphatic rings. The number of carbonyl (C=O) groups is 3. The van der Waals surface area contributed by atoms with Gasteiger partial charge < -0.3 is 19.5 Å². The lowest BCUT2D eigenvalue weighted by atomic mass is 9.98. The number of fused-ring (bicyclic) bond motifs is 1. The van der Waals surface area contributed by atoms with Crippen molar-refractivity contribution in [1.82, 2.24) is 19.8 Å². The van der Waals surface area contributed by atoms with E-state index in [1.165, 1.54) is 54.7 Å². The lowest BCUT2D eigenvalue weighted by Gasteiger charge is -2.36. The molecule has 192 valence electrons. The second kappa shape index (κ2) is 11.3. The molecule has 2 aromatic heterocycles. The molecule has 2 aromatic rings. The minimum atomic E-state index is -0.660. The van der Waals surface area contributed by atoms with Crippen LogP contribution in [0.3, 0.4) is 0 Å². The molecule has 0 aromatic carbocycles. The standard InChI is InChI=1S/C25H33N7O4/c1-27-9-10-32(26)23-21-20(19(36-2)16-29-23)18(15-28-21)22(33)25(35)31-13-11-30(12-14-31)24(34)17-7-5-3-4-6-8-17/h9-10,15-17,28H,1,3-8,11-14,26H2,2H3/b10-9-. The number of hydrogen-bond donors (Lipinski definition) is 2. The minimum Gasteiger partial charge on any atom is -0.494 e. The van der Waals surface area contributed by atoms with Gasteiger partial charge in [0.1, 0.15) is 5.75 Å². The molecule has 2 fully saturated rings. The first-order valence-corrected chi connectivity index (χ1v) is 12.3.